The van der Waals surface area contributed by atoms with Gasteiger partial charge in [-0.25, -0.2) is 0 Å². The second-order valence-electron chi connectivity index (χ2n) is 8.72. The molecule has 0 aromatic heterocycles. The van der Waals surface area contributed by atoms with Crippen LogP contribution in [0.25, 0.3) is 0 Å². The Bertz CT molecular complexity index is 630. The van der Waals surface area contributed by atoms with Crippen molar-refractivity contribution >= 4 is 5.69 Å². The molecular weight excluding hydrogens is 378 g/mol. The van der Waals surface area contributed by atoms with Gasteiger partial charge in [0.15, 0.2) is 5.75 Å². The number of nitro benzene ring substituents is 1. The van der Waals surface area contributed by atoms with Crippen LogP contribution in [-0.4, -0.2) is 18.1 Å². The van der Waals surface area contributed by atoms with Crippen molar-refractivity contribution in [3.63, 3.8) is 0 Å². The predicted molar refractivity (Wildman–Crippen MR) is 125 cm³/mol. The highest BCUT2D eigenvalue weighted by Crippen LogP contribution is 2.39. The molecule has 0 heterocycles. The number of hydrogen-bond donors (Lipinski definition) is 0. The molecule has 0 saturated heterocycles. The zero-order valence-electron chi connectivity index (χ0n) is 20.0. The topological polar surface area (TPSA) is 61.6 Å². The lowest BCUT2D eigenvalue weighted by Crippen LogP contribution is -2.14. The molecule has 0 fully saturated rings. The van der Waals surface area contributed by atoms with Gasteiger partial charge in [-0.15, -0.1) is 0 Å². The van der Waals surface area contributed by atoms with Gasteiger partial charge in [-0.3, -0.25) is 10.1 Å². The molecule has 5 heteroatoms. The van der Waals surface area contributed by atoms with Crippen LogP contribution in [0.15, 0.2) is 12.1 Å². The second kappa shape index (κ2) is 14.3. The fraction of sp³-hybridized carbons (Fsp3) is 0.760. The first kappa shape index (κ1) is 26.3. The van der Waals surface area contributed by atoms with Crippen molar-refractivity contribution < 1.29 is 14.4 Å². The van der Waals surface area contributed by atoms with Gasteiger partial charge < -0.3 is 9.47 Å². The molecule has 0 aliphatic heterocycles. The normalized spacial score (nSPS) is 13.3. The van der Waals surface area contributed by atoms with E-state index in [1.165, 1.54) is 12.8 Å². The zero-order chi connectivity index (χ0) is 22.5. The van der Waals surface area contributed by atoms with Gasteiger partial charge in [-0.05, 0) is 36.7 Å². The van der Waals surface area contributed by atoms with Crippen LogP contribution in [0.1, 0.15) is 104 Å². The average Bonchev–Trinajstić information content (AvgIpc) is 2.73. The van der Waals surface area contributed by atoms with E-state index in [4.69, 9.17) is 9.47 Å². The maximum atomic E-state index is 11.7. The molecule has 2 atom stereocenters. The van der Waals surface area contributed by atoms with Crippen molar-refractivity contribution in [2.24, 2.45) is 11.8 Å². The van der Waals surface area contributed by atoms with E-state index in [0.717, 1.165) is 44.1 Å². The summed E-state index contributed by atoms with van der Waals surface area (Å²) in [5.74, 6) is 2.08. The maximum absolute atomic E-state index is 11.7. The Kier molecular flexibility index (Phi) is 12.5. The van der Waals surface area contributed by atoms with Crippen molar-refractivity contribution in [3.8, 4) is 11.5 Å². The van der Waals surface area contributed by atoms with Crippen molar-refractivity contribution in [2.45, 2.75) is 98.8 Å². The number of unbranched alkanes of at least 4 members (excludes halogenated alkanes) is 2. The highest BCUT2D eigenvalue weighted by molar-refractivity contribution is 5.56. The molecule has 2 unspecified atom stereocenters. The molecule has 0 aliphatic rings. The Hall–Kier alpha value is -1.78. The molecular formula is C25H43NO4. The number of benzene rings is 1. The van der Waals surface area contributed by atoms with Crippen molar-refractivity contribution in [3.05, 3.63) is 27.8 Å². The standard InChI is InChI=1S/C25H43NO4/c1-7-11-13-20(9-3)17-29-24-16-23(26(27)28)25(15-22(24)19(5)6)30-18-21(10-4)14-12-8-2/h15-16,19-21H,7-14,17-18H2,1-6H3. The Morgan fingerprint density at radius 1 is 0.867 bits per heavy atom. The lowest BCUT2D eigenvalue weighted by Gasteiger charge is -2.21. The highest BCUT2D eigenvalue weighted by atomic mass is 16.6. The molecule has 30 heavy (non-hydrogen) atoms. The summed E-state index contributed by atoms with van der Waals surface area (Å²) in [6.07, 6.45) is 8.95. The minimum Gasteiger partial charge on any atom is -0.493 e. The van der Waals surface area contributed by atoms with Gasteiger partial charge in [-0.2, -0.15) is 0 Å². The number of rotatable bonds is 16. The van der Waals surface area contributed by atoms with Gasteiger partial charge in [-0.1, -0.05) is 80.1 Å². The van der Waals surface area contributed by atoms with E-state index >= 15 is 0 Å². The lowest BCUT2D eigenvalue weighted by molar-refractivity contribution is -0.386. The van der Waals surface area contributed by atoms with Crippen molar-refractivity contribution in [1.29, 1.82) is 0 Å². The molecule has 5 nitrogen and oxygen atoms in total. The van der Waals surface area contributed by atoms with Gasteiger partial charge in [0.25, 0.3) is 0 Å². The summed E-state index contributed by atoms with van der Waals surface area (Å²) in [6.45, 7) is 14.0. The molecule has 1 rings (SSSR count). The Morgan fingerprint density at radius 3 is 1.77 bits per heavy atom. The molecule has 0 radical (unpaired) electrons. The van der Waals surface area contributed by atoms with E-state index in [1.54, 1.807) is 6.07 Å². The summed E-state index contributed by atoms with van der Waals surface area (Å²) < 4.78 is 12.1. The van der Waals surface area contributed by atoms with Crippen LogP contribution >= 0.6 is 0 Å². The number of hydrogen-bond acceptors (Lipinski definition) is 4. The molecule has 0 saturated carbocycles. The largest absolute Gasteiger partial charge is 0.493 e. The first-order chi connectivity index (χ1) is 14.4. The lowest BCUT2D eigenvalue weighted by atomic mass is 9.99. The number of ether oxygens (including phenoxy) is 2. The molecule has 172 valence electrons. The van der Waals surface area contributed by atoms with Crippen molar-refractivity contribution in [2.75, 3.05) is 13.2 Å². The first-order valence-corrected chi connectivity index (χ1v) is 12.0. The van der Waals surface area contributed by atoms with Crippen LogP contribution in [0.4, 0.5) is 5.69 Å². The minimum atomic E-state index is -0.353. The summed E-state index contributed by atoms with van der Waals surface area (Å²) in [7, 11) is 0. The summed E-state index contributed by atoms with van der Waals surface area (Å²) in [4.78, 5) is 11.4. The summed E-state index contributed by atoms with van der Waals surface area (Å²) in [5.41, 5.74) is 0.976. The van der Waals surface area contributed by atoms with Gasteiger partial charge in [0.05, 0.1) is 24.2 Å². The van der Waals surface area contributed by atoms with Crippen LogP contribution in [0.2, 0.25) is 0 Å². The van der Waals surface area contributed by atoms with E-state index in [1.807, 2.05) is 6.07 Å². The monoisotopic (exact) mass is 421 g/mol. The van der Waals surface area contributed by atoms with E-state index < -0.39 is 0 Å². The van der Waals surface area contributed by atoms with Crippen LogP contribution in [-0.2, 0) is 0 Å². The molecule has 1 aromatic carbocycles. The van der Waals surface area contributed by atoms with E-state index in [2.05, 4.69) is 41.5 Å². The smallest absolute Gasteiger partial charge is 0.314 e. The molecule has 0 bridgehead atoms. The predicted octanol–water partition coefficient (Wildman–Crippen LogP) is 7.91. The molecule has 0 N–H and O–H groups in total. The third-order valence-corrected chi connectivity index (χ3v) is 5.95. The van der Waals surface area contributed by atoms with Crippen LogP contribution in [0.5, 0.6) is 11.5 Å². The zero-order valence-corrected chi connectivity index (χ0v) is 20.0. The van der Waals surface area contributed by atoms with Crippen LogP contribution < -0.4 is 9.47 Å². The Morgan fingerprint density at radius 2 is 1.37 bits per heavy atom. The molecule has 0 aliphatic carbocycles. The van der Waals surface area contributed by atoms with Gasteiger partial charge >= 0.3 is 5.69 Å². The SMILES string of the molecule is CCCCC(CC)COc1cc([N+](=O)[O-])c(OCC(CC)CCCC)cc1C(C)C. The van der Waals surface area contributed by atoms with E-state index in [0.29, 0.717) is 36.5 Å². The summed E-state index contributed by atoms with van der Waals surface area (Å²) in [5, 5.41) is 11.7. The third kappa shape index (κ3) is 8.53. The van der Waals surface area contributed by atoms with E-state index in [-0.39, 0.29) is 16.5 Å². The van der Waals surface area contributed by atoms with Gasteiger partial charge in [0, 0.05) is 5.56 Å². The fourth-order valence-electron chi connectivity index (χ4n) is 3.61. The average molecular weight is 422 g/mol. The summed E-state index contributed by atoms with van der Waals surface area (Å²) >= 11 is 0. The van der Waals surface area contributed by atoms with Crippen LogP contribution in [0, 0.1) is 22.0 Å². The molecule has 1 aromatic rings. The molecule has 0 amide bonds. The molecule has 0 spiro atoms. The Balaban J connectivity index is 3.05. The number of nitro groups is 1. The highest BCUT2D eigenvalue weighted by Gasteiger charge is 2.23. The Labute approximate surface area is 183 Å². The summed E-state index contributed by atoms with van der Waals surface area (Å²) in [6, 6.07) is 3.40. The van der Waals surface area contributed by atoms with Gasteiger partial charge in [0.2, 0.25) is 0 Å². The van der Waals surface area contributed by atoms with Gasteiger partial charge in [0.1, 0.15) is 5.75 Å². The quantitative estimate of drug-likeness (QED) is 0.201. The van der Waals surface area contributed by atoms with E-state index in [9.17, 15) is 10.1 Å². The van der Waals surface area contributed by atoms with Crippen LogP contribution in [0.3, 0.4) is 0 Å². The fourth-order valence-corrected chi connectivity index (χ4v) is 3.61. The number of nitrogens with zero attached hydrogens (tertiary/aromatic N) is 1. The third-order valence-electron chi connectivity index (χ3n) is 5.95. The first-order valence-electron chi connectivity index (χ1n) is 12.0. The maximum Gasteiger partial charge on any atom is 0.314 e. The van der Waals surface area contributed by atoms with Crippen molar-refractivity contribution in [1.82, 2.24) is 0 Å². The second-order valence-corrected chi connectivity index (χ2v) is 8.72. The minimum absolute atomic E-state index is 0.00125.